The van der Waals surface area contributed by atoms with Crippen molar-refractivity contribution >= 4 is 5.91 Å². The molecule has 2 aromatic carbocycles. The van der Waals surface area contributed by atoms with Crippen LogP contribution in [0.15, 0.2) is 54.6 Å². The van der Waals surface area contributed by atoms with Crippen molar-refractivity contribution in [3.8, 4) is 0 Å². The first kappa shape index (κ1) is 23.8. The Morgan fingerprint density at radius 2 is 1.54 bits per heavy atom. The van der Waals surface area contributed by atoms with Gasteiger partial charge in [0, 0.05) is 25.5 Å². The molecule has 2 rings (SSSR count). The summed E-state index contributed by atoms with van der Waals surface area (Å²) in [4.78, 5) is 14.2. The van der Waals surface area contributed by atoms with Crippen molar-refractivity contribution in [3.05, 3.63) is 71.3 Å². The molecule has 0 heterocycles. The van der Waals surface area contributed by atoms with E-state index in [1.807, 2.05) is 49.1 Å². The molecule has 0 fully saturated rings. The summed E-state index contributed by atoms with van der Waals surface area (Å²) in [7, 11) is 0. The Labute approximate surface area is 168 Å². The van der Waals surface area contributed by atoms with Gasteiger partial charge in [-0.05, 0) is 24.5 Å². The zero-order chi connectivity index (χ0) is 21.2. The molecular formula is C24H33F2NO. The third-order valence-electron chi connectivity index (χ3n) is 4.47. The van der Waals surface area contributed by atoms with Gasteiger partial charge in [-0.15, -0.1) is 0 Å². The number of hydrogen-bond donors (Lipinski definition) is 0. The van der Waals surface area contributed by atoms with Crippen molar-refractivity contribution in [2.75, 3.05) is 6.54 Å². The number of rotatable bonds is 7. The highest BCUT2D eigenvalue weighted by Gasteiger charge is 2.25. The molecule has 0 radical (unpaired) electrons. The second-order valence-corrected chi connectivity index (χ2v) is 7.07. The summed E-state index contributed by atoms with van der Waals surface area (Å²) in [5, 5.41) is 0. The minimum Gasteiger partial charge on any atom is -0.336 e. The second kappa shape index (κ2) is 11.6. The van der Waals surface area contributed by atoms with Crippen molar-refractivity contribution in [1.29, 1.82) is 0 Å². The lowest BCUT2D eigenvalue weighted by Gasteiger charge is -2.30. The zero-order valence-corrected chi connectivity index (χ0v) is 17.7. The summed E-state index contributed by atoms with van der Waals surface area (Å²) < 4.78 is 26.7. The molecule has 0 spiro atoms. The van der Waals surface area contributed by atoms with Gasteiger partial charge in [-0.2, -0.15) is 0 Å². The molecule has 0 bridgehead atoms. The van der Waals surface area contributed by atoms with Gasteiger partial charge >= 0.3 is 0 Å². The monoisotopic (exact) mass is 389 g/mol. The Hall–Kier alpha value is -2.23. The van der Waals surface area contributed by atoms with Gasteiger partial charge in [0.15, 0.2) is 0 Å². The van der Waals surface area contributed by atoms with E-state index in [2.05, 4.69) is 13.8 Å². The van der Waals surface area contributed by atoms with Crippen molar-refractivity contribution in [3.63, 3.8) is 0 Å². The predicted octanol–water partition coefficient (Wildman–Crippen LogP) is 6.76. The van der Waals surface area contributed by atoms with Gasteiger partial charge in [-0.3, -0.25) is 4.79 Å². The molecule has 2 aromatic rings. The lowest BCUT2D eigenvalue weighted by atomic mass is 10.0. The summed E-state index contributed by atoms with van der Waals surface area (Å²) in [5.74, 6) is -2.79. The number of carbonyl (C=O) groups excluding carboxylic acids is 1. The molecule has 1 amide bonds. The molecule has 0 saturated heterocycles. The number of amides is 1. The van der Waals surface area contributed by atoms with Crippen LogP contribution in [0.3, 0.4) is 0 Å². The molecule has 0 saturated carbocycles. The normalized spacial score (nSPS) is 12.0. The molecule has 0 N–H and O–H groups in total. The summed E-state index contributed by atoms with van der Waals surface area (Å²) in [6, 6.07) is 16.1. The van der Waals surface area contributed by atoms with Gasteiger partial charge in [0.05, 0.1) is 6.04 Å². The van der Waals surface area contributed by atoms with E-state index in [-0.39, 0.29) is 17.5 Å². The molecule has 0 aliphatic carbocycles. The minimum atomic E-state index is -2.85. The van der Waals surface area contributed by atoms with Gasteiger partial charge < -0.3 is 4.90 Å². The van der Waals surface area contributed by atoms with Crippen LogP contribution in [0.5, 0.6) is 0 Å². The Kier molecular flexibility index (Phi) is 9.84. The third kappa shape index (κ3) is 7.41. The maximum Gasteiger partial charge on any atom is 0.270 e. The molecule has 2 nitrogen and oxygen atoms in total. The van der Waals surface area contributed by atoms with Gasteiger partial charge in [0.25, 0.3) is 5.92 Å². The average Bonchev–Trinajstić information content (AvgIpc) is 2.68. The Morgan fingerprint density at radius 3 is 2.00 bits per heavy atom. The van der Waals surface area contributed by atoms with Crippen LogP contribution >= 0.6 is 0 Å². The molecule has 0 aromatic heterocycles. The second-order valence-electron chi connectivity index (χ2n) is 7.07. The van der Waals surface area contributed by atoms with E-state index >= 15 is 0 Å². The molecule has 4 heteroatoms. The van der Waals surface area contributed by atoms with E-state index in [4.69, 9.17) is 0 Å². The maximum atomic E-state index is 13.4. The first-order valence-electron chi connectivity index (χ1n) is 10.1. The molecule has 0 aliphatic rings. The summed E-state index contributed by atoms with van der Waals surface area (Å²) >= 11 is 0. The highest BCUT2D eigenvalue weighted by Crippen LogP contribution is 2.29. The summed E-state index contributed by atoms with van der Waals surface area (Å²) in [5.41, 5.74) is 2.02. The Bertz CT molecular complexity index is 693. The molecule has 28 heavy (non-hydrogen) atoms. The SMILES string of the molecule is CCC.CCC(=O)N(CCc1ccccc1)C(C)c1ccc(C(C)(F)F)cc1. The van der Waals surface area contributed by atoms with Gasteiger partial charge in [0.2, 0.25) is 5.91 Å². The van der Waals surface area contributed by atoms with Gasteiger partial charge in [0.1, 0.15) is 0 Å². The Balaban J connectivity index is 0.00000122. The van der Waals surface area contributed by atoms with E-state index in [0.29, 0.717) is 13.0 Å². The van der Waals surface area contributed by atoms with Crippen molar-refractivity contribution in [2.45, 2.75) is 65.8 Å². The van der Waals surface area contributed by atoms with Crippen molar-refractivity contribution < 1.29 is 13.6 Å². The fourth-order valence-corrected chi connectivity index (χ4v) is 2.87. The zero-order valence-electron chi connectivity index (χ0n) is 17.7. The van der Waals surface area contributed by atoms with E-state index < -0.39 is 5.92 Å². The van der Waals surface area contributed by atoms with E-state index in [1.165, 1.54) is 24.1 Å². The molecular weight excluding hydrogens is 356 g/mol. The number of nitrogens with zero attached hydrogens (tertiary/aromatic N) is 1. The lowest BCUT2D eigenvalue weighted by molar-refractivity contribution is -0.133. The third-order valence-corrected chi connectivity index (χ3v) is 4.47. The maximum absolute atomic E-state index is 13.4. The molecule has 154 valence electrons. The molecule has 1 atom stereocenters. The van der Waals surface area contributed by atoms with Crippen LogP contribution in [0.2, 0.25) is 0 Å². The quantitative estimate of drug-likeness (QED) is 0.512. The topological polar surface area (TPSA) is 20.3 Å². The van der Waals surface area contributed by atoms with E-state index in [1.54, 1.807) is 12.1 Å². The van der Waals surface area contributed by atoms with Crippen molar-refractivity contribution in [2.24, 2.45) is 0 Å². The highest BCUT2D eigenvalue weighted by atomic mass is 19.3. The van der Waals surface area contributed by atoms with Crippen molar-refractivity contribution in [1.82, 2.24) is 4.90 Å². The molecule has 0 aliphatic heterocycles. The molecule has 1 unspecified atom stereocenters. The summed E-state index contributed by atoms with van der Waals surface area (Å²) in [6.45, 7) is 9.52. The van der Waals surface area contributed by atoms with Crippen LogP contribution in [-0.4, -0.2) is 17.4 Å². The van der Waals surface area contributed by atoms with Crippen LogP contribution in [0, 0.1) is 0 Å². The minimum absolute atomic E-state index is 0.0129. The lowest BCUT2D eigenvalue weighted by Crippen LogP contribution is -2.34. The standard InChI is InChI=1S/C21H25F2NO.C3H8/c1-4-20(25)24(15-14-17-8-6-5-7-9-17)16(2)18-10-12-19(13-11-18)21(3,22)23;1-3-2/h5-13,16H,4,14-15H2,1-3H3;3H2,1-2H3. The Morgan fingerprint density at radius 1 is 1.00 bits per heavy atom. The van der Waals surface area contributed by atoms with Crippen LogP contribution in [0.25, 0.3) is 0 Å². The van der Waals surface area contributed by atoms with Crippen LogP contribution < -0.4 is 0 Å². The van der Waals surface area contributed by atoms with Crippen LogP contribution in [0.1, 0.15) is 70.2 Å². The van der Waals surface area contributed by atoms with Gasteiger partial charge in [-0.1, -0.05) is 81.8 Å². The van der Waals surface area contributed by atoms with E-state index in [0.717, 1.165) is 18.9 Å². The number of hydrogen-bond acceptors (Lipinski definition) is 1. The number of alkyl halides is 2. The smallest absolute Gasteiger partial charge is 0.270 e. The largest absolute Gasteiger partial charge is 0.336 e. The fraction of sp³-hybridized carbons (Fsp3) is 0.458. The van der Waals surface area contributed by atoms with E-state index in [9.17, 15) is 13.6 Å². The number of halogens is 2. The van der Waals surface area contributed by atoms with Crippen LogP contribution in [0.4, 0.5) is 8.78 Å². The predicted molar refractivity (Wildman–Crippen MR) is 113 cm³/mol. The number of benzene rings is 2. The van der Waals surface area contributed by atoms with Gasteiger partial charge in [-0.25, -0.2) is 8.78 Å². The first-order chi connectivity index (χ1) is 13.2. The fourth-order valence-electron chi connectivity index (χ4n) is 2.87. The highest BCUT2D eigenvalue weighted by molar-refractivity contribution is 5.76. The average molecular weight is 390 g/mol. The summed E-state index contributed by atoms with van der Waals surface area (Å²) in [6.07, 6.45) is 2.44. The van der Waals surface area contributed by atoms with Crippen LogP contribution in [-0.2, 0) is 17.1 Å². The first-order valence-corrected chi connectivity index (χ1v) is 10.1. The number of carbonyl (C=O) groups is 1.